The minimum Gasteiger partial charge on any atom is -0.327 e. The van der Waals surface area contributed by atoms with E-state index in [1.165, 1.54) is 0 Å². The van der Waals surface area contributed by atoms with E-state index < -0.39 is 5.67 Å². The number of nitrogens with zero attached hydrogens (tertiary/aromatic N) is 3. The van der Waals surface area contributed by atoms with E-state index in [0.717, 1.165) is 5.82 Å². The lowest BCUT2D eigenvalue weighted by Crippen LogP contribution is -2.47. The summed E-state index contributed by atoms with van der Waals surface area (Å²) in [5.74, 6) is 1.14. The van der Waals surface area contributed by atoms with E-state index in [1.54, 1.807) is 18.5 Å². The fourth-order valence-corrected chi connectivity index (χ4v) is 1.75. The summed E-state index contributed by atoms with van der Waals surface area (Å²) >= 11 is 0. The highest BCUT2D eigenvalue weighted by atomic mass is 19.1. The number of halogens is 1. The van der Waals surface area contributed by atoms with Crippen LogP contribution < -0.4 is 5.73 Å². The van der Waals surface area contributed by atoms with Crippen LogP contribution in [0.1, 0.15) is 24.5 Å². The van der Waals surface area contributed by atoms with Crippen LogP contribution in [0.2, 0.25) is 0 Å². The molecule has 1 saturated carbocycles. The molecule has 1 aromatic rings. The largest absolute Gasteiger partial charge is 0.327 e. The molecular weight excluding hydrogens is 171 g/mol. The Balaban J connectivity index is 2.31. The molecule has 0 aliphatic heterocycles. The number of hydrogen-bond donors (Lipinski definition) is 1. The number of aryl methyl sites for hydroxylation is 1. The summed E-state index contributed by atoms with van der Waals surface area (Å²) in [4.78, 5) is 0. The normalized spacial score (nSPS) is 33.1. The molecule has 0 aromatic carbocycles. The zero-order chi connectivity index (χ0) is 9.64. The average molecular weight is 184 g/mol. The van der Waals surface area contributed by atoms with Crippen LogP contribution in [-0.4, -0.2) is 20.8 Å². The van der Waals surface area contributed by atoms with Crippen LogP contribution in [0.4, 0.5) is 4.39 Å². The Labute approximate surface area is 75.9 Å². The molecular formula is C8H13FN4. The van der Waals surface area contributed by atoms with Crippen molar-refractivity contribution in [2.24, 2.45) is 12.8 Å². The summed E-state index contributed by atoms with van der Waals surface area (Å²) in [6, 6.07) is -0.0259. The van der Waals surface area contributed by atoms with Gasteiger partial charge in [-0.15, -0.1) is 10.2 Å². The third-order valence-corrected chi connectivity index (χ3v) is 2.66. The van der Waals surface area contributed by atoms with Crippen LogP contribution in [0, 0.1) is 6.92 Å². The molecule has 0 unspecified atom stereocenters. The van der Waals surface area contributed by atoms with Crippen molar-refractivity contribution in [1.82, 2.24) is 14.8 Å². The number of aromatic nitrogens is 3. The molecule has 1 heterocycles. The van der Waals surface area contributed by atoms with E-state index >= 15 is 0 Å². The predicted molar refractivity (Wildman–Crippen MR) is 45.7 cm³/mol. The molecule has 0 saturated heterocycles. The van der Waals surface area contributed by atoms with Gasteiger partial charge in [0, 0.05) is 25.9 Å². The van der Waals surface area contributed by atoms with Gasteiger partial charge < -0.3 is 10.3 Å². The molecule has 0 amide bonds. The van der Waals surface area contributed by atoms with Crippen LogP contribution >= 0.6 is 0 Å². The molecule has 1 aliphatic rings. The molecule has 2 N–H and O–H groups in total. The maximum absolute atomic E-state index is 14.0. The molecule has 4 nitrogen and oxygen atoms in total. The van der Waals surface area contributed by atoms with E-state index in [0.29, 0.717) is 18.7 Å². The van der Waals surface area contributed by atoms with Crippen molar-refractivity contribution >= 4 is 0 Å². The van der Waals surface area contributed by atoms with Crippen LogP contribution in [0.15, 0.2) is 0 Å². The molecule has 0 spiro atoms. The summed E-state index contributed by atoms with van der Waals surface area (Å²) in [7, 11) is 1.77. The Morgan fingerprint density at radius 2 is 2.15 bits per heavy atom. The molecule has 72 valence electrons. The number of hydrogen-bond acceptors (Lipinski definition) is 3. The maximum atomic E-state index is 14.0. The summed E-state index contributed by atoms with van der Waals surface area (Å²) < 4.78 is 15.6. The predicted octanol–water partition coefficient (Wildman–Crippen LogP) is 0.409. The minimum absolute atomic E-state index is 0.0259. The fourth-order valence-electron chi connectivity index (χ4n) is 1.75. The highest BCUT2D eigenvalue weighted by molar-refractivity contribution is 5.12. The summed E-state index contributed by atoms with van der Waals surface area (Å²) in [6.45, 7) is 1.80. The van der Waals surface area contributed by atoms with Gasteiger partial charge in [0.2, 0.25) is 0 Å². The Morgan fingerprint density at radius 1 is 1.54 bits per heavy atom. The van der Waals surface area contributed by atoms with Crippen molar-refractivity contribution in [3.05, 3.63) is 11.6 Å². The minimum atomic E-state index is -1.34. The SMILES string of the molecule is Cc1nnc(C2(F)CC(N)C2)n1C. The molecule has 0 atom stereocenters. The summed E-state index contributed by atoms with van der Waals surface area (Å²) in [6.07, 6.45) is 0.720. The fraction of sp³-hybridized carbons (Fsp3) is 0.750. The van der Waals surface area contributed by atoms with E-state index in [4.69, 9.17) is 5.73 Å². The van der Waals surface area contributed by atoms with Crippen molar-refractivity contribution in [2.75, 3.05) is 0 Å². The Bertz CT molecular complexity index is 327. The molecule has 2 rings (SSSR count). The molecule has 1 aliphatic carbocycles. The van der Waals surface area contributed by atoms with Gasteiger partial charge in [0.05, 0.1) is 0 Å². The number of rotatable bonds is 1. The third kappa shape index (κ3) is 1.14. The van der Waals surface area contributed by atoms with E-state index in [2.05, 4.69) is 10.2 Å². The lowest BCUT2D eigenvalue weighted by Gasteiger charge is -2.37. The van der Waals surface area contributed by atoms with Crippen LogP contribution in [0.25, 0.3) is 0 Å². The van der Waals surface area contributed by atoms with Gasteiger partial charge in [0.25, 0.3) is 0 Å². The zero-order valence-corrected chi connectivity index (χ0v) is 7.79. The van der Waals surface area contributed by atoms with E-state index in [1.807, 2.05) is 0 Å². The molecule has 1 aromatic heterocycles. The Morgan fingerprint density at radius 3 is 2.54 bits per heavy atom. The van der Waals surface area contributed by atoms with E-state index in [9.17, 15) is 4.39 Å². The van der Waals surface area contributed by atoms with Gasteiger partial charge in [0.1, 0.15) is 5.82 Å². The second-order valence-electron chi connectivity index (χ2n) is 3.76. The van der Waals surface area contributed by atoms with Crippen molar-refractivity contribution in [1.29, 1.82) is 0 Å². The highest BCUT2D eigenvalue weighted by Crippen LogP contribution is 2.43. The van der Waals surface area contributed by atoms with Crippen molar-refractivity contribution in [2.45, 2.75) is 31.5 Å². The average Bonchev–Trinajstić information content (AvgIpc) is 2.30. The molecule has 0 bridgehead atoms. The van der Waals surface area contributed by atoms with Crippen LogP contribution in [0.3, 0.4) is 0 Å². The smallest absolute Gasteiger partial charge is 0.173 e. The van der Waals surface area contributed by atoms with Crippen molar-refractivity contribution < 1.29 is 4.39 Å². The Hall–Kier alpha value is -0.970. The van der Waals surface area contributed by atoms with Gasteiger partial charge in [-0.25, -0.2) is 4.39 Å². The monoisotopic (exact) mass is 184 g/mol. The lowest BCUT2D eigenvalue weighted by molar-refractivity contribution is 0.0280. The first-order valence-corrected chi connectivity index (χ1v) is 4.34. The zero-order valence-electron chi connectivity index (χ0n) is 7.79. The first kappa shape index (κ1) is 8.62. The van der Waals surface area contributed by atoms with Crippen molar-refractivity contribution in [3.8, 4) is 0 Å². The van der Waals surface area contributed by atoms with Crippen LogP contribution in [0.5, 0.6) is 0 Å². The van der Waals surface area contributed by atoms with Gasteiger partial charge in [-0.2, -0.15) is 0 Å². The lowest BCUT2D eigenvalue weighted by atomic mass is 9.77. The second kappa shape index (κ2) is 2.51. The topological polar surface area (TPSA) is 56.7 Å². The molecule has 0 radical (unpaired) electrons. The van der Waals surface area contributed by atoms with Gasteiger partial charge in [-0.3, -0.25) is 0 Å². The second-order valence-corrected chi connectivity index (χ2v) is 3.76. The standard InChI is InChI=1S/C8H13FN4/c1-5-11-12-7(13(5)2)8(9)3-6(10)4-8/h6H,3-4,10H2,1-2H3. The number of alkyl halides is 1. The van der Waals surface area contributed by atoms with E-state index in [-0.39, 0.29) is 6.04 Å². The third-order valence-electron chi connectivity index (χ3n) is 2.66. The molecule has 13 heavy (non-hydrogen) atoms. The first-order valence-electron chi connectivity index (χ1n) is 4.34. The van der Waals surface area contributed by atoms with Gasteiger partial charge >= 0.3 is 0 Å². The maximum Gasteiger partial charge on any atom is 0.173 e. The Kier molecular flexibility index (Phi) is 1.66. The van der Waals surface area contributed by atoms with Gasteiger partial charge in [-0.1, -0.05) is 0 Å². The summed E-state index contributed by atoms with van der Waals surface area (Å²) in [5.41, 5.74) is 4.21. The van der Waals surface area contributed by atoms with Gasteiger partial charge in [0.15, 0.2) is 11.5 Å². The highest BCUT2D eigenvalue weighted by Gasteiger charge is 2.48. The quantitative estimate of drug-likeness (QED) is 0.687. The first-order chi connectivity index (χ1) is 6.03. The summed E-state index contributed by atoms with van der Waals surface area (Å²) in [5, 5.41) is 7.65. The molecule has 5 heteroatoms. The number of nitrogens with two attached hydrogens (primary N) is 1. The van der Waals surface area contributed by atoms with Crippen LogP contribution in [-0.2, 0) is 12.7 Å². The van der Waals surface area contributed by atoms with Crippen molar-refractivity contribution in [3.63, 3.8) is 0 Å². The van der Waals surface area contributed by atoms with Gasteiger partial charge in [-0.05, 0) is 6.92 Å². The molecule has 1 fully saturated rings.